The van der Waals surface area contributed by atoms with E-state index in [0.717, 1.165) is 13.0 Å². The van der Waals surface area contributed by atoms with E-state index >= 15 is 0 Å². The first kappa shape index (κ1) is 15.9. The van der Waals surface area contributed by atoms with Crippen LogP contribution in [0.4, 0.5) is 11.9 Å². The third kappa shape index (κ3) is 5.16. The van der Waals surface area contributed by atoms with E-state index in [4.69, 9.17) is 16.7 Å². The fourth-order valence-electron chi connectivity index (χ4n) is 1.61. The Morgan fingerprint density at radius 2 is 2.05 bits per heavy atom. The van der Waals surface area contributed by atoms with Gasteiger partial charge in [-0.1, -0.05) is 6.92 Å². The van der Waals surface area contributed by atoms with Crippen LogP contribution in [-0.4, -0.2) is 45.8 Å². The minimum absolute atomic E-state index is 0.142. The zero-order valence-electron chi connectivity index (χ0n) is 11.7. The number of nitrogens with one attached hydrogen (secondary N) is 1. The first-order valence-electron chi connectivity index (χ1n) is 6.61. The number of hydrogen-bond acceptors (Lipinski definition) is 6. The zero-order chi connectivity index (χ0) is 14.3. The molecule has 6 nitrogen and oxygen atoms in total. The molecule has 19 heavy (non-hydrogen) atoms. The molecule has 0 atom stereocenters. The molecule has 0 aliphatic carbocycles. The SMILES string of the molecule is CCCNc1nc(Cl)nc(N(CCCO)C(C)C)n1. The van der Waals surface area contributed by atoms with Crippen molar-refractivity contribution in [3.05, 3.63) is 5.28 Å². The highest BCUT2D eigenvalue weighted by molar-refractivity contribution is 6.28. The molecule has 1 rings (SSSR count). The lowest BCUT2D eigenvalue weighted by Gasteiger charge is -2.26. The van der Waals surface area contributed by atoms with Crippen LogP contribution in [0.3, 0.4) is 0 Å². The van der Waals surface area contributed by atoms with Crippen LogP contribution < -0.4 is 10.2 Å². The van der Waals surface area contributed by atoms with Gasteiger partial charge in [0.15, 0.2) is 0 Å². The summed E-state index contributed by atoms with van der Waals surface area (Å²) in [5.41, 5.74) is 0. The van der Waals surface area contributed by atoms with Gasteiger partial charge in [0.05, 0.1) is 0 Å². The van der Waals surface area contributed by atoms with Crippen LogP contribution in [0.25, 0.3) is 0 Å². The number of halogens is 1. The molecule has 1 aromatic heterocycles. The van der Waals surface area contributed by atoms with Gasteiger partial charge in [0.25, 0.3) is 0 Å². The van der Waals surface area contributed by atoms with Crippen LogP contribution in [0, 0.1) is 0 Å². The summed E-state index contributed by atoms with van der Waals surface area (Å²) in [4.78, 5) is 14.6. The lowest BCUT2D eigenvalue weighted by molar-refractivity contribution is 0.288. The third-order valence-electron chi connectivity index (χ3n) is 2.57. The second-order valence-electron chi connectivity index (χ2n) is 4.52. The van der Waals surface area contributed by atoms with Gasteiger partial charge in [-0.15, -0.1) is 0 Å². The topological polar surface area (TPSA) is 74.2 Å². The lowest BCUT2D eigenvalue weighted by Crippen LogP contribution is -2.34. The summed E-state index contributed by atoms with van der Waals surface area (Å²) in [5.74, 6) is 1.04. The van der Waals surface area contributed by atoms with E-state index in [-0.39, 0.29) is 17.9 Å². The van der Waals surface area contributed by atoms with Crippen LogP contribution in [0.15, 0.2) is 0 Å². The predicted octanol–water partition coefficient (Wildman–Crippen LogP) is 1.94. The fourth-order valence-corrected chi connectivity index (χ4v) is 1.77. The van der Waals surface area contributed by atoms with Gasteiger partial charge in [-0.25, -0.2) is 0 Å². The molecule has 0 aliphatic rings. The minimum atomic E-state index is 0.142. The van der Waals surface area contributed by atoms with E-state index in [9.17, 15) is 0 Å². The second-order valence-corrected chi connectivity index (χ2v) is 4.86. The summed E-state index contributed by atoms with van der Waals surface area (Å²) in [6.07, 6.45) is 1.65. The van der Waals surface area contributed by atoms with Gasteiger partial charge in [-0.3, -0.25) is 0 Å². The highest BCUT2D eigenvalue weighted by Gasteiger charge is 2.15. The smallest absolute Gasteiger partial charge is 0.231 e. The molecule has 0 saturated heterocycles. The van der Waals surface area contributed by atoms with Crippen LogP contribution >= 0.6 is 11.6 Å². The van der Waals surface area contributed by atoms with Crippen molar-refractivity contribution in [2.75, 3.05) is 29.9 Å². The highest BCUT2D eigenvalue weighted by Crippen LogP contribution is 2.16. The molecule has 0 saturated carbocycles. The Bertz CT molecular complexity index is 388. The number of aromatic nitrogens is 3. The molecule has 7 heteroatoms. The van der Waals surface area contributed by atoms with Crippen LogP contribution in [0.1, 0.15) is 33.6 Å². The summed E-state index contributed by atoms with van der Waals surface area (Å²) < 4.78 is 0. The molecule has 0 spiro atoms. The Morgan fingerprint density at radius 3 is 2.63 bits per heavy atom. The molecule has 1 heterocycles. The molecule has 0 fully saturated rings. The van der Waals surface area contributed by atoms with Crippen molar-refractivity contribution in [1.82, 2.24) is 15.0 Å². The van der Waals surface area contributed by atoms with Crippen LogP contribution in [0.2, 0.25) is 5.28 Å². The lowest BCUT2D eigenvalue weighted by atomic mass is 10.3. The molecule has 0 radical (unpaired) electrons. The Kier molecular flexibility index (Phi) is 6.80. The Morgan fingerprint density at radius 1 is 1.32 bits per heavy atom. The maximum Gasteiger partial charge on any atom is 0.231 e. The van der Waals surface area contributed by atoms with E-state index in [1.54, 1.807) is 0 Å². The molecule has 1 aromatic rings. The predicted molar refractivity (Wildman–Crippen MR) is 77.8 cm³/mol. The van der Waals surface area contributed by atoms with Crippen molar-refractivity contribution in [1.29, 1.82) is 0 Å². The Labute approximate surface area is 119 Å². The molecule has 0 unspecified atom stereocenters. The second kappa shape index (κ2) is 8.12. The van der Waals surface area contributed by atoms with Crippen molar-refractivity contribution in [2.45, 2.75) is 39.7 Å². The van der Waals surface area contributed by atoms with Gasteiger partial charge in [-0.2, -0.15) is 15.0 Å². The van der Waals surface area contributed by atoms with Crippen molar-refractivity contribution >= 4 is 23.5 Å². The highest BCUT2D eigenvalue weighted by atomic mass is 35.5. The standard InChI is InChI=1S/C12H22ClN5O/c1-4-6-14-11-15-10(13)16-12(17-11)18(9(2)3)7-5-8-19/h9,19H,4-8H2,1-3H3,(H,14,15,16,17). The monoisotopic (exact) mass is 287 g/mol. The fraction of sp³-hybridized carbons (Fsp3) is 0.750. The normalized spacial score (nSPS) is 10.8. The quantitative estimate of drug-likeness (QED) is 0.761. The molecule has 0 aromatic carbocycles. The van der Waals surface area contributed by atoms with Crippen LogP contribution in [0.5, 0.6) is 0 Å². The van der Waals surface area contributed by atoms with E-state index in [0.29, 0.717) is 24.9 Å². The molecule has 2 N–H and O–H groups in total. The van der Waals surface area contributed by atoms with Gasteiger partial charge in [-0.05, 0) is 38.3 Å². The average molecular weight is 288 g/mol. The number of anilines is 2. The Balaban J connectivity index is 2.91. The van der Waals surface area contributed by atoms with Crippen molar-refractivity contribution in [3.8, 4) is 0 Å². The largest absolute Gasteiger partial charge is 0.396 e. The first-order chi connectivity index (χ1) is 9.08. The average Bonchev–Trinajstić information content (AvgIpc) is 2.36. The Hall–Kier alpha value is -1.14. The summed E-state index contributed by atoms with van der Waals surface area (Å²) in [6, 6.07) is 0.226. The number of aliphatic hydroxyl groups is 1. The minimum Gasteiger partial charge on any atom is -0.396 e. The van der Waals surface area contributed by atoms with Crippen LogP contribution in [-0.2, 0) is 0 Å². The molecule has 0 amide bonds. The molecule has 0 aliphatic heterocycles. The maximum atomic E-state index is 8.95. The summed E-state index contributed by atoms with van der Waals surface area (Å²) in [6.45, 7) is 7.78. The van der Waals surface area contributed by atoms with E-state index < -0.39 is 0 Å². The number of aliphatic hydroxyl groups excluding tert-OH is 1. The molecule has 0 bridgehead atoms. The van der Waals surface area contributed by atoms with E-state index in [2.05, 4.69) is 27.2 Å². The van der Waals surface area contributed by atoms with Gasteiger partial charge < -0.3 is 15.3 Å². The molecular weight excluding hydrogens is 266 g/mol. The first-order valence-corrected chi connectivity index (χ1v) is 6.99. The maximum absolute atomic E-state index is 8.95. The summed E-state index contributed by atoms with van der Waals surface area (Å²) >= 11 is 5.93. The van der Waals surface area contributed by atoms with Gasteiger partial charge >= 0.3 is 0 Å². The molecular formula is C12H22ClN5O. The number of hydrogen-bond donors (Lipinski definition) is 2. The summed E-state index contributed by atoms with van der Waals surface area (Å²) in [5, 5.41) is 12.2. The van der Waals surface area contributed by atoms with E-state index in [1.165, 1.54) is 0 Å². The molecule has 108 valence electrons. The third-order valence-corrected chi connectivity index (χ3v) is 2.74. The number of nitrogens with zero attached hydrogens (tertiary/aromatic N) is 4. The van der Waals surface area contributed by atoms with Gasteiger partial charge in [0, 0.05) is 25.7 Å². The summed E-state index contributed by atoms with van der Waals surface area (Å²) in [7, 11) is 0. The number of rotatable bonds is 8. The van der Waals surface area contributed by atoms with Gasteiger partial charge in [0.1, 0.15) is 0 Å². The van der Waals surface area contributed by atoms with Crippen molar-refractivity contribution in [2.24, 2.45) is 0 Å². The van der Waals surface area contributed by atoms with Crippen molar-refractivity contribution in [3.63, 3.8) is 0 Å². The van der Waals surface area contributed by atoms with Crippen molar-refractivity contribution < 1.29 is 5.11 Å². The van der Waals surface area contributed by atoms with E-state index in [1.807, 2.05) is 18.7 Å². The zero-order valence-corrected chi connectivity index (χ0v) is 12.5. The van der Waals surface area contributed by atoms with Gasteiger partial charge in [0.2, 0.25) is 17.2 Å².